The van der Waals surface area contributed by atoms with Crippen LogP contribution in [0.25, 0.3) is 0 Å². The van der Waals surface area contributed by atoms with Crippen LogP contribution in [0.3, 0.4) is 0 Å². The molecule has 2 aromatic carbocycles. The molecule has 6 heteroatoms. The summed E-state index contributed by atoms with van der Waals surface area (Å²) in [6, 6.07) is 10.5. The van der Waals surface area contributed by atoms with Gasteiger partial charge >= 0.3 is 6.03 Å². The average Bonchev–Trinajstić information content (AvgIpc) is 2.50. The van der Waals surface area contributed by atoms with Crippen LogP contribution in [0.15, 0.2) is 36.4 Å². The minimum absolute atomic E-state index is 0.348. The largest absolute Gasteiger partial charge is 0.491 e. The van der Waals surface area contributed by atoms with Crippen LogP contribution in [0, 0.1) is 13.8 Å². The van der Waals surface area contributed by atoms with Gasteiger partial charge in [0.1, 0.15) is 12.4 Å². The maximum absolute atomic E-state index is 11.8. The van der Waals surface area contributed by atoms with Crippen LogP contribution in [0.1, 0.15) is 11.1 Å². The Morgan fingerprint density at radius 2 is 1.91 bits per heavy atom. The number of rotatable bonds is 5. The molecule has 0 fully saturated rings. The van der Waals surface area contributed by atoms with Crippen molar-refractivity contribution in [2.24, 2.45) is 0 Å². The summed E-state index contributed by atoms with van der Waals surface area (Å²) in [5, 5.41) is 6.28. The highest BCUT2D eigenvalue weighted by Gasteiger charge is 2.06. The monoisotopic (exact) mass is 352 g/mol. The summed E-state index contributed by atoms with van der Waals surface area (Å²) in [7, 11) is 0. The Balaban J connectivity index is 1.77. The van der Waals surface area contributed by atoms with Gasteiger partial charge in [0.2, 0.25) is 0 Å². The molecule has 0 atom stereocenters. The van der Waals surface area contributed by atoms with Gasteiger partial charge in [-0.25, -0.2) is 4.79 Å². The lowest BCUT2D eigenvalue weighted by atomic mass is 10.1. The molecular weight excluding hydrogens is 335 g/mol. The van der Waals surface area contributed by atoms with Crippen LogP contribution in [-0.2, 0) is 0 Å². The molecule has 0 aromatic heterocycles. The maximum Gasteiger partial charge on any atom is 0.319 e. The van der Waals surface area contributed by atoms with Crippen molar-refractivity contribution in [1.29, 1.82) is 0 Å². The molecule has 23 heavy (non-hydrogen) atoms. The highest BCUT2D eigenvalue weighted by molar-refractivity contribution is 6.36. The van der Waals surface area contributed by atoms with E-state index in [-0.39, 0.29) is 6.03 Å². The second kappa shape index (κ2) is 8.09. The predicted octanol–water partition coefficient (Wildman–Crippen LogP) is 4.81. The van der Waals surface area contributed by atoms with Gasteiger partial charge in [-0.15, -0.1) is 0 Å². The molecule has 0 heterocycles. The lowest BCUT2D eigenvalue weighted by Gasteiger charge is -2.12. The highest BCUT2D eigenvalue weighted by Crippen LogP contribution is 2.25. The number of ether oxygens (including phenoxy) is 1. The zero-order valence-corrected chi connectivity index (χ0v) is 14.5. The van der Waals surface area contributed by atoms with Gasteiger partial charge in [0, 0.05) is 5.02 Å². The standard InChI is InChI=1S/C17H18Cl2N2O2/c1-11-3-4-12(2)16(9-11)23-8-7-20-17(22)21-15-6-5-13(18)10-14(15)19/h3-6,9-10H,7-8H2,1-2H3,(H2,20,21,22). The number of carbonyl (C=O) groups is 1. The third-order valence-electron chi connectivity index (χ3n) is 3.17. The lowest BCUT2D eigenvalue weighted by molar-refractivity contribution is 0.247. The molecule has 2 N–H and O–H groups in total. The van der Waals surface area contributed by atoms with Crippen LogP contribution >= 0.6 is 23.2 Å². The van der Waals surface area contributed by atoms with Gasteiger partial charge in [0.05, 0.1) is 17.3 Å². The maximum atomic E-state index is 11.8. The van der Waals surface area contributed by atoms with E-state index in [0.717, 1.165) is 16.9 Å². The third-order valence-corrected chi connectivity index (χ3v) is 3.72. The number of aryl methyl sites for hydroxylation is 2. The summed E-state index contributed by atoms with van der Waals surface area (Å²) < 4.78 is 5.67. The zero-order valence-electron chi connectivity index (χ0n) is 13.0. The van der Waals surface area contributed by atoms with E-state index in [1.807, 2.05) is 32.0 Å². The van der Waals surface area contributed by atoms with E-state index in [2.05, 4.69) is 10.6 Å². The van der Waals surface area contributed by atoms with Crippen molar-refractivity contribution >= 4 is 34.9 Å². The van der Waals surface area contributed by atoms with E-state index < -0.39 is 0 Å². The van der Waals surface area contributed by atoms with Gasteiger partial charge in [-0.2, -0.15) is 0 Å². The molecule has 0 spiro atoms. The molecule has 0 saturated carbocycles. The predicted molar refractivity (Wildman–Crippen MR) is 94.9 cm³/mol. The van der Waals surface area contributed by atoms with Crippen molar-refractivity contribution in [3.63, 3.8) is 0 Å². The molecule has 0 saturated heterocycles. The summed E-state index contributed by atoms with van der Waals surface area (Å²) in [5.41, 5.74) is 2.70. The smallest absolute Gasteiger partial charge is 0.319 e. The van der Waals surface area contributed by atoms with Gasteiger partial charge in [-0.3, -0.25) is 0 Å². The molecule has 2 amide bonds. The first kappa shape index (κ1) is 17.4. The Bertz CT molecular complexity index is 705. The average molecular weight is 353 g/mol. The van der Waals surface area contributed by atoms with E-state index in [9.17, 15) is 4.79 Å². The number of hydrogen-bond acceptors (Lipinski definition) is 2. The summed E-state index contributed by atoms with van der Waals surface area (Å²) in [5.74, 6) is 0.827. The molecule has 4 nitrogen and oxygen atoms in total. The molecule has 0 aliphatic carbocycles. The normalized spacial score (nSPS) is 10.3. The Hall–Kier alpha value is -1.91. The van der Waals surface area contributed by atoms with Gasteiger partial charge in [-0.05, 0) is 49.2 Å². The van der Waals surface area contributed by atoms with Crippen LogP contribution in [0.5, 0.6) is 5.75 Å². The number of nitrogens with one attached hydrogen (secondary N) is 2. The van der Waals surface area contributed by atoms with Crippen LogP contribution in [-0.4, -0.2) is 19.2 Å². The number of amides is 2. The number of hydrogen-bond donors (Lipinski definition) is 2. The Labute approximate surface area is 145 Å². The quantitative estimate of drug-likeness (QED) is 0.758. The molecule has 0 aliphatic rings. The van der Waals surface area contributed by atoms with E-state index in [1.54, 1.807) is 18.2 Å². The Morgan fingerprint density at radius 3 is 2.65 bits per heavy atom. The second-order valence-corrected chi connectivity index (χ2v) is 5.97. The van der Waals surface area contributed by atoms with E-state index in [4.69, 9.17) is 27.9 Å². The first-order valence-electron chi connectivity index (χ1n) is 7.15. The van der Waals surface area contributed by atoms with E-state index in [0.29, 0.717) is 28.9 Å². The molecule has 122 valence electrons. The van der Waals surface area contributed by atoms with Gasteiger partial charge < -0.3 is 15.4 Å². The molecular formula is C17H18Cl2N2O2. The number of halogens is 2. The van der Waals surface area contributed by atoms with Crippen molar-refractivity contribution < 1.29 is 9.53 Å². The first-order valence-corrected chi connectivity index (χ1v) is 7.91. The number of urea groups is 1. The van der Waals surface area contributed by atoms with E-state index in [1.165, 1.54) is 0 Å². The lowest BCUT2D eigenvalue weighted by Crippen LogP contribution is -2.32. The van der Waals surface area contributed by atoms with Crippen molar-refractivity contribution in [2.45, 2.75) is 13.8 Å². The molecule has 0 radical (unpaired) electrons. The molecule has 2 aromatic rings. The summed E-state index contributed by atoms with van der Waals surface area (Å²) in [4.78, 5) is 11.8. The fourth-order valence-electron chi connectivity index (χ4n) is 1.95. The van der Waals surface area contributed by atoms with Crippen LogP contribution < -0.4 is 15.4 Å². The second-order valence-electron chi connectivity index (χ2n) is 5.12. The number of carbonyl (C=O) groups excluding carboxylic acids is 1. The highest BCUT2D eigenvalue weighted by atomic mass is 35.5. The fourth-order valence-corrected chi connectivity index (χ4v) is 2.40. The SMILES string of the molecule is Cc1ccc(C)c(OCCNC(=O)Nc2ccc(Cl)cc2Cl)c1. The minimum atomic E-state index is -0.348. The molecule has 0 bridgehead atoms. The van der Waals surface area contributed by atoms with Crippen LogP contribution in [0.2, 0.25) is 10.0 Å². The van der Waals surface area contributed by atoms with Crippen molar-refractivity contribution in [1.82, 2.24) is 5.32 Å². The molecule has 0 unspecified atom stereocenters. The Kier molecular flexibility index (Phi) is 6.13. The summed E-state index contributed by atoms with van der Waals surface area (Å²) in [6.45, 7) is 4.75. The first-order chi connectivity index (χ1) is 11.0. The third kappa shape index (κ3) is 5.34. The van der Waals surface area contributed by atoms with Gasteiger partial charge in [0.25, 0.3) is 0 Å². The van der Waals surface area contributed by atoms with Gasteiger partial charge in [-0.1, -0.05) is 35.3 Å². The number of benzene rings is 2. The van der Waals surface area contributed by atoms with Crippen molar-refractivity contribution in [3.8, 4) is 5.75 Å². The Morgan fingerprint density at radius 1 is 1.13 bits per heavy atom. The van der Waals surface area contributed by atoms with Crippen molar-refractivity contribution in [2.75, 3.05) is 18.5 Å². The van der Waals surface area contributed by atoms with Crippen molar-refractivity contribution in [3.05, 3.63) is 57.6 Å². The molecule has 0 aliphatic heterocycles. The minimum Gasteiger partial charge on any atom is -0.491 e. The topological polar surface area (TPSA) is 50.4 Å². The zero-order chi connectivity index (χ0) is 16.8. The number of anilines is 1. The van der Waals surface area contributed by atoms with Crippen LogP contribution in [0.4, 0.5) is 10.5 Å². The fraction of sp³-hybridized carbons (Fsp3) is 0.235. The molecule has 2 rings (SSSR count). The van der Waals surface area contributed by atoms with Gasteiger partial charge in [0.15, 0.2) is 0 Å². The van der Waals surface area contributed by atoms with E-state index >= 15 is 0 Å². The summed E-state index contributed by atoms with van der Waals surface area (Å²) >= 11 is 11.8. The summed E-state index contributed by atoms with van der Waals surface area (Å²) in [6.07, 6.45) is 0.